The summed E-state index contributed by atoms with van der Waals surface area (Å²) in [4.78, 5) is 0. The van der Waals surface area contributed by atoms with Crippen LogP contribution >= 0.6 is 15.9 Å². The van der Waals surface area contributed by atoms with E-state index in [2.05, 4.69) is 68.0 Å². The fourth-order valence-electron chi connectivity index (χ4n) is 2.28. The molecule has 2 nitrogen and oxygen atoms in total. The Morgan fingerprint density at radius 1 is 1.30 bits per heavy atom. The van der Waals surface area contributed by atoms with E-state index in [1.807, 2.05) is 0 Å². The summed E-state index contributed by atoms with van der Waals surface area (Å²) in [5, 5.41) is 3.52. The van der Waals surface area contributed by atoms with Crippen LogP contribution in [0.5, 0.6) is 5.75 Å². The van der Waals surface area contributed by atoms with Crippen molar-refractivity contribution in [3.8, 4) is 5.75 Å². The first kappa shape index (κ1) is 17.5. The Bertz CT molecular complexity index is 441. The van der Waals surface area contributed by atoms with Gasteiger partial charge in [-0.15, -0.1) is 0 Å². The highest BCUT2D eigenvalue weighted by Crippen LogP contribution is 2.37. The van der Waals surface area contributed by atoms with Crippen LogP contribution in [0, 0.1) is 12.8 Å². The minimum atomic E-state index is 0.0888. The maximum Gasteiger partial charge on any atom is 0.122 e. The molecule has 0 aliphatic carbocycles. The topological polar surface area (TPSA) is 21.3 Å². The van der Waals surface area contributed by atoms with Crippen LogP contribution in [0.4, 0.5) is 0 Å². The second kappa shape index (κ2) is 7.46. The van der Waals surface area contributed by atoms with Gasteiger partial charge in [0.25, 0.3) is 0 Å². The lowest BCUT2D eigenvalue weighted by Crippen LogP contribution is -2.28. The van der Waals surface area contributed by atoms with E-state index < -0.39 is 0 Å². The van der Waals surface area contributed by atoms with Crippen molar-refractivity contribution in [2.24, 2.45) is 5.92 Å². The number of methoxy groups -OCH3 is 1. The molecule has 20 heavy (non-hydrogen) atoms. The third kappa shape index (κ3) is 4.78. The van der Waals surface area contributed by atoms with Crippen LogP contribution in [0.1, 0.15) is 45.2 Å². The number of nitrogens with one attached hydrogen (secondary N) is 1. The first-order valence-corrected chi connectivity index (χ1v) is 8.12. The van der Waals surface area contributed by atoms with Crippen molar-refractivity contribution in [1.82, 2.24) is 5.32 Å². The first-order chi connectivity index (χ1) is 9.27. The van der Waals surface area contributed by atoms with Crippen LogP contribution in [0.25, 0.3) is 0 Å². The quantitative estimate of drug-likeness (QED) is 0.727. The molecule has 1 aromatic rings. The van der Waals surface area contributed by atoms with Gasteiger partial charge in [0, 0.05) is 10.0 Å². The van der Waals surface area contributed by atoms with E-state index in [9.17, 15) is 0 Å². The second-order valence-electron chi connectivity index (χ2n) is 6.53. The zero-order chi connectivity index (χ0) is 15.3. The SMILES string of the molecule is COc1cc(C)c(Br)cc1C(C)(C)CCNCC(C)C. The molecule has 114 valence electrons. The van der Waals surface area contributed by atoms with Gasteiger partial charge in [-0.1, -0.05) is 43.6 Å². The standard InChI is InChI=1S/C17H28BrNO/c1-12(2)11-19-8-7-17(4,5)14-10-15(18)13(3)9-16(14)20-6/h9-10,12,19H,7-8,11H2,1-6H3. The van der Waals surface area contributed by atoms with E-state index in [0.29, 0.717) is 5.92 Å². The molecule has 0 unspecified atom stereocenters. The third-order valence-electron chi connectivity index (χ3n) is 3.69. The average Bonchev–Trinajstić information content (AvgIpc) is 2.37. The molecule has 3 heteroatoms. The van der Waals surface area contributed by atoms with Gasteiger partial charge >= 0.3 is 0 Å². The Morgan fingerprint density at radius 2 is 1.95 bits per heavy atom. The fraction of sp³-hybridized carbons (Fsp3) is 0.647. The maximum absolute atomic E-state index is 5.57. The molecule has 0 amide bonds. The molecule has 0 saturated heterocycles. The van der Waals surface area contributed by atoms with Crippen molar-refractivity contribution in [3.05, 3.63) is 27.7 Å². The van der Waals surface area contributed by atoms with Gasteiger partial charge in [0.2, 0.25) is 0 Å². The van der Waals surface area contributed by atoms with Crippen molar-refractivity contribution in [3.63, 3.8) is 0 Å². The molecule has 0 radical (unpaired) electrons. The summed E-state index contributed by atoms with van der Waals surface area (Å²) in [6.45, 7) is 13.2. The van der Waals surface area contributed by atoms with Gasteiger partial charge in [-0.3, -0.25) is 0 Å². The smallest absolute Gasteiger partial charge is 0.122 e. The van der Waals surface area contributed by atoms with Crippen LogP contribution < -0.4 is 10.1 Å². The predicted octanol–water partition coefficient (Wildman–Crippen LogP) is 4.68. The van der Waals surface area contributed by atoms with Crippen LogP contribution in [-0.4, -0.2) is 20.2 Å². The fourth-order valence-corrected chi connectivity index (χ4v) is 2.62. The zero-order valence-corrected chi connectivity index (χ0v) is 15.2. The Balaban J connectivity index is 2.83. The summed E-state index contributed by atoms with van der Waals surface area (Å²) in [5.41, 5.74) is 2.56. The lowest BCUT2D eigenvalue weighted by molar-refractivity contribution is 0.380. The second-order valence-corrected chi connectivity index (χ2v) is 7.39. The van der Waals surface area contributed by atoms with E-state index in [1.54, 1.807) is 7.11 Å². The number of aryl methyl sites for hydroxylation is 1. The third-order valence-corrected chi connectivity index (χ3v) is 4.54. The molecule has 0 aliphatic rings. The molecule has 1 aromatic carbocycles. The molecule has 0 saturated carbocycles. The number of halogens is 1. The average molecular weight is 342 g/mol. The van der Waals surface area contributed by atoms with Gasteiger partial charge in [0.05, 0.1) is 7.11 Å². The van der Waals surface area contributed by atoms with Gasteiger partial charge in [-0.2, -0.15) is 0 Å². The van der Waals surface area contributed by atoms with Gasteiger partial charge in [0.1, 0.15) is 5.75 Å². The van der Waals surface area contributed by atoms with Crippen LogP contribution in [0.2, 0.25) is 0 Å². The molecule has 0 aliphatic heterocycles. The molecule has 0 bridgehead atoms. The summed E-state index contributed by atoms with van der Waals surface area (Å²) < 4.78 is 6.72. The molecule has 0 atom stereocenters. The minimum Gasteiger partial charge on any atom is -0.496 e. The van der Waals surface area contributed by atoms with Gasteiger partial charge in [0.15, 0.2) is 0 Å². The van der Waals surface area contributed by atoms with Crippen molar-refractivity contribution < 1.29 is 4.74 Å². The molecule has 0 aromatic heterocycles. The number of hydrogen-bond donors (Lipinski definition) is 1. The Morgan fingerprint density at radius 3 is 2.50 bits per heavy atom. The maximum atomic E-state index is 5.57. The molecule has 0 spiro atoms. The summed E-state index contributed by atoms with van der Waals surface area (Å²) >= 11 is 3.63. The monoisotopic (exact) mass is 341 g/mol. The van der Waals surface area contributed by atoms with E-state index in [-0.39, 0.29) is 5.41 Å². The minimum absolute atomic E-state index is 0.0888. The number of rotatable bonds is 7. The molecule has 0 fully saturated rings. The van der Waals surface area contributed by atoms with Crippen molar-refractivity contribution >= 4 is 15.9 Å². The van der Waals surface area contributed by atoms with Crippen LogP contribution in [-0.2, 0) is 5.41 Å². The zero-order valence-electron chi connectivity index (χ0n) is 13.6. The molecular weight excluding hydrogens is 314 g/mol. The Labute approximate surface area is 132 Å². The summed E-state index contributed by atoms with van der Waals surface area (Å²) in [6.07, 6.45) is 1.09. The van der Waals surface area contributed by atoms with Crippen molar-refractivity contribution in [2.75, 3.05) is 20.2 Å². The summed E-state index contributed by atoms with van der Waals surface area (Å²) in [5.74, 6) is 1.68. The van der Waals surface area contributed by atoms with Crippen LogP contribution in [0.3, 0.4) is 0 Å². The summed E-state index contributed by atoms with van der Waals surface area (Å²) in [6, 6.07) is 4.32. The largest absolute Gasteiger partial charge is 0.496 e. The van der Waals surface area contributed by atoms with Crippen molar-refractivity contribution in [1.29, 1.82) is 0 Å². The van der Waals surface area contributed by atoms with E-state index in [4.69, 9.17) is 4.74 Å². The van der Waals surface area contributed by atoms with Crippen molar-refractivity contribution in [2.45, 2.75) is 46.5 Å². The highest BCUT2D eigenvalue weighted by molar-refractivity contribution is 9.10. The van der Waals surface area contributed by atoms with Gasteiger partial charge < -0.3 is 10.1 Å². The summed E-state index contributed by atoms with van der Waals surface area (Å²) in [7, 11) is 1.75. The van der Waals surface area contributed by atoms with Crippen LogP contribution in [0.15, 0.2) is 16.6 Å². The van der Waals surface area contributed by atoms with E-state index in [1.165, 1.54) is 11.1 Å². The Kier molecular flexibility index (Phi) is 6.53. The number of ether oxygens (including phenoxy) is 1. The predicted molar refractivity (Wildman–Crippen MR) is 90.8 cm³/mol. The Hall–Kier alpha value is -0.540. The van der Waals surface area contributed by atoms with E-state index in [0.717, 1.165) is 29.7 Å². The van der Waals surface area contributed by atoms with Gasteiger partial charge in [-0.05, 0) is 55.5 Å². The number of hydrogen-bond acceptors (Lipinski definition) is 2. The lowest BCUT2D eigenvalue weighted by atomic mass is 9.80. The highest BCUT2D eigenvalue weighted by atomic mass is 79.9. The molecule has 1 rings (SSSR count). The normalized spacial score (nSPS) is 12.0. The molecular formula is C17H28BrNO. The molecule has 0 heterocycles. The molecule has 1 N–H and O–H groups in total. The highest BCUT2D eigenvalue weighted by Gasteiger charge is 2.25. The van der Waals surface area contributed by atoms with E-state index >= 15 is 0 Å². The van der Waals surface area contributed by atoms with Gasteiger partial charge in [-0.25, -0.2) is 0 Å². The number of benzene rings is 1. The lowest BCUT2D eigenvalue weighted by Gasteiger charge is -2.28. The first-order valence-electron chi connectivity index (χ1n) is 7.33.